The van der Waals surface area contributed by atoms with Crippen LogP contribution in [0.15, 0.2) is 18.2 Å². The van der Waals surface area contributed by atoms with Gasteiger partial charge in [-0.05, 0) is 75.7 Å². The molecule has 2 nitrogen and oxygen atoms in total. The van der Waals surface area contributed by atoms with Gasteiger partial charge in [0.2, 0.25) is 0 Å². The normalized spacial score (nSPS) is 17.4. The van der Waals surface area contributed by atoms with E-state index in [1.54, 1.807) is 7.11 Å². The lowest BCUT2D eigenvalue weighted by Crippen LogP contribution is -2.39. The van der Waals surface area contributed by atoms with Gasteiger partial charge in [-0.3, -0.25) is 0 Å². The number of piperidine rings is 1. The summed E-state index contributed by atoms with van der Waals surface area (Å²) in [5.41, 5.74) is 2.64. The van der Waals surface area contributed by atoms with Crippen LogP contribution in [0.3, 0.4) is 0 Å². The summed E-state index contributed by atoms with van der Waals surface area (Å²) in [6.07, 6.45) is 10.7. The van der Waals surface area contributed by atoms with Crippen LogP contribution in [0.1, 0.15) is 63.0 Å². The van der Waals surface area contributed by atoms with Gasteiger partial charge in [0.25, 0.3) is 0 Å². The Labute approximate surface area is 136 Å². The summed E-state index contributed by atoms with van der Waals surface area (Å²) >= 11 is 0. The lowest BCUT2D eigenvalue weighted by molar-refractivity contribution is 0.145. The van der Waals surface area contributed by atoms with Gasteiger partial charge in [0, 0.05) is 6.04 Å². The predicted molar refractivity (Wildman–Crippen MR) is 94.8 cm³/mol. The molecular weight excluding hydrogens is 270 g/mol. The summed E-state index contributed by atoms with van der Waals surface area (Å²) in [6, 6.07) is 7.46. The van der Waals surface area contributed by atoms with Crippen LogP contribution < -0.4 is 4.74 Å². The summed E-state index contributed by atoms with van der Waals surface area (Å²) in [5, 5.41) is 0. The van der Waals surface area contributed by atoms with Crippen molar-refractivity contribution in [3.63, 3.8) is 0 Å². The second-order valence-corrected chi connectivity index (χ2v) is 6.74. The average molecular weight is 303 g/mol. The van der Waals surface area contributed by atoms with E-state index in [1.165, 1.54) is 75.6 Å². The van der Waals surface area contributed by atoms with E-state index < -0.39 is 0 Å². The van der Waals surface area contributed by atoms with Crippen LogP contribution in [0.4, 0.5) is 0 Å². The van der Waals surface area contributed by atoms with Crippen molar-refractivity contribution in [2.24, 2.45) is 0 Å². The van der Waals surface area contributed by atoms with E-state index in [2.05, 4.69) is 36.9 Å². The van der Waals surface area contributed by atoms with E-state index in [-0.39, 0.29) is 0 Å². The molecule has 2 heteroatoms. The molecule has 0 N–H and O–H groups in total. The number of nitrogens with zero attached hydrogens (tertiary/aromatic N) is 1. The highest BCUT2D eigenvalue weighted by atomic mass is 16.5. The molecule has 1 unspecified atom stereocenters. The fourth-order valence-corrected chi connectivity index (χ4v) is 3.69. The Kier molecular flexibility index (Phi) is 7.24. The number of hydrogen-bond donors (Lipinski definition) is 0. The Morgan fingerprint density at radius 2 is 1.91 bits per heavy atom. The van der Waals surface area contributed by atoms with Crippen molar-refractivity contribution < 1.29 is 4.74 Å². The van der Waals surface area contributed by atoms with Crippen LogP contribution in [0.25, 0.3) is 0 Å². The molecule has 0 bridgehead atoms. The Balaban J connectivity index is 1.84. The summed E-state index contributed by atoms with van der Waals surface area (Å²) in [6.45, 7) is 7.07. The average Bonchev–Trinajstić information content (AvgIpc) is 2.56. The van der Waals surface area contributed by atoms with Crippen LogP contribution in [0.5, 0.6) is 5.75 Å². The van der Waals surface area contributed by atoms with E-state index in [0.29, 0.717) is 0 Å². The zero-order valence-electron chi connectivity index (χ0n) is 14.7. The fourth-order valence-electron chi connectivity index (χ4n) is 3.69. The van der Waals surface area contributed by atoms with Gasteiger partial charge in [0.1, 0.15) is 5.75 Å². The first kappa shape index (κ1) is 17.3. The van der Waals surface area contributed by atoms with Crippen LogP contribution in [-0.4, -0.2) is 31.1 Å². The van der Waals surface area contributed by atoms with Gasteiger partial charge in [0.05, 0.1) is 7.11 Å². The lowest BCUT2D eigenvalue weighted by Gasteiger charge is -2.34. The molecule has 1 aromatic rings. The molecule has 1 aliphatic heterocycles. The number of likely N-dealkylation sites (tertiary alicyclic amines) is 1. The Hall–Kier alpha value is -1.02. The SMILES string of the molecule is CCCC(CCCc1ccc(C)c(OC)c1)N1CCCCC1. The van der Waals surface area contributed by atoms with Crippen LogP contribution in [0, 0.1) is 6.92 Å². The summed E-state index contributed by atoms with van der Waals surface area (Å²) in [7, 11) is 1.76. The van der Waals surface area contributed by atoms with Crippen molar-refractivity contribution in [3.8, 4) is 5.75 Å². The Bertz CT molecular complexity index is 437. The van der Waals surface area contributed by atoms with Crippen molar-refractivity contribution >= 4 is 0 Å². The quantitative estimate of drug-likeness (QED) is 0.671. The molecule has 0 spiro atoms. The van der Waals surface area contributed by atoms with Gasteiger partial charge in [-0.25, -0.2) is 0 Å². The highest BCUT2D eigenvalue weighted by molar-refractivity contribution is 5.36. The first-order valence-electron chi connectivity index (χ1n) is 9.12. The third-order valence-electron chi connectivity index (χ3n) is 5.00. The van der Waals surface area contributed by atoms with E-state index in [0.717, 1.165) is 11.8 Å². The second kappa shape index (κ2) is 9.19. The zero-order valence-corrected chi connectivity index (χ0v) is 14.7. The first-order chi connectivity index (χ1) is 10.7. The third-order valence-corrected chi connectivity index (χ3v) is 5.00. The highest BCUT2D eigenvalue weighted by Gasteiger charge is 2.19. The van der Waals surface area contributed by atoms with Gasteiger partial charge in [-0.2, -0.15) is 0 Å². The molecule has 1 heterocycles. The molecule has 1 aliphatic rings. The molecule has 1 saturated heterocycles. The molecule has 0 saturated carbocycles. The molecule has 0 amide bonds. The Morgan fingerprint density at radius 1 is 1.14 bits per heavy atom. The number of benzene rings is 1. The summed E-state index contributed by atoms with van der Waals surface area (Å²) in [5.74, 6) is 1.03. The van der Waals surface area contributed by atoms with Gasteiger partial charge in [-0.1, -0.05) is 31.9 Å². The predicted octanol–water partition coefficient (Wildman–Crippen LogP) is 4.98. The van der Waals surface area contributed by atoms with Crippen molar-refractivity contribution in [2.75, 3.05) is 20.2 Å². The molecule has 2 rings (SSSR count). The van der Waals surface area contributed by atoms with Crippen molar-refractivity contribution in [2.45, 2.75) is 71.3 Å². The number of rotatable bonds is 8. The standard InChI is InChI=1S/C20H33NO/c1-4-9-19(21-14-6-5-7-15-21)11-8-10-18-13-12-17(2)20(16-18)22-3/h12-13,16,19H,4-11,14-15H2,1-3H3. The maximum atomic E-state index is 5.44. The van der Waals surface area contributed by atoms with Crippen molar-refractivity contribution in [1.82, 2.24) is 4.90 Å². The largest absolute Gasteiger partial charge is 0.496 e. The van der Waals surface area contributed by atoms with Crippen molar-refractivity contribution in [3.05, 3.63) is 29.3 Å². The second-order valence-electron chi connectivity index (χ2n) is 6.74. The molecular formula is C20H33NO. The molecule has 0 aliphatic carbocycles. The molecule has 0 radical (unpaired) electrons. The smallest absolute Gasteiger partial charge is 0.122 e. The van der Waals surface area contributed by atoms with Gasteiger partial charge < -0.3 is 9.64 Å². The number of aryl methyl sites for hydroxylation is 2. The monoisotopic (exact) mass is 303 g/mol. The first-order valence-corrected chi connectivity index (χ1v) is 9.12. The topological polar surface area (TPSA) is 12.5 Å². The number of hydrogen-bond acceptors (Lipinski definition) is 2. The molecule has 1 atom stereocenters. The Morgan fingerprint density at radius 3 is 2.59 bits per heavy atom. The van der Waals surface area contributed by atoms with E-state index >= 15 is 0 Å². The third kappa shape index (κ3) is 5.01. The lowest BCUT2D eigenvalue weighted by atomic mass is 9.98. The van der Waals surface area contributed by atoms with Gasteiger partial charge >= 0.3 is 0 Å². The minimum absolute atomic E-state index is 0.803. The minimum atomic E-state index is 0.803. The van der Waals surface area contributed by atoms with Crippen LogP contribution in [-0.2, 0) is 6.42 Å². The van der Waals surface area contributed by atoms with E-state index in [1.807, 2.05) is 0 Å². The van der Waals surface area contributed by atoms with Gasteiger partial charge in [-0.15, -0.1) is 0 Å². The number of methoxy groups -OCH3 is 1. The summed E-state index contributed by atoms with van der Waals surface area (Å²) < 4.78 is 5.44. The minimum Gasteiger partial charge on any atom is -0.496 e. The maximum Gasteiger partial charge on any atom is 0.122 e. The van der Waals surface area contributed by atoms with Crippen LogP contribution in [0.2, 0.25) is 0 Å². The van der Waals surface area contributed by atoms with E-state index in [4.69, 9.17) is 4.74 Å². The number of ether oxygens (including phenoxy) is 1. The van der Waals surface area contributed by atoms with E-state index in [9.17, 15) is 0 Å². The molecule has 124 valence electrons. The zero-order chi connectivity index (χ0) is 15.8. The molecule has 1 fully saturated rings. The van der Waals surface area contributed by atoms with Crippen molar-refractivity contribution in [1.29, 1.82) is 0 Å². The molecule has 22 heavy (non-hydrogen) atoms. The fraction of sp³-hybridized carbons (Fsp3) is 0.700. The highest BCUT2D eigenvalue weighted by Crippen LogP contribution is 2.23. The molecule has 0 aromatic heterocycles. The molecule has 1 aromatic carbocycles. The summed E-state index contributed by atoms with van der Waals surface area (Å²) in [4.78, 5) is 2.75. The van der Waals surface area contributed by atoms with Gasteiger partial charge in [0.15, 0.2) is 0 Å². The maximum absolute atomic E-state index is 5.44. The van der Waals surface area contributed by atoms with Crippen LogP contribution >= 0.6 is 0 Å².